The second-order valence-corrected chi connectivity index (χ2v) is 11.7. The molecule has 0 amide bonds. The van der Waals surface area contributed by atoms with Gasteiger partial charge >= 0.3 is 29.6 Å². The van der Waals surface area contributed by atoms with Crippen molar-refractivity contribution in [2.75, 3.05) is 6.61 Å². The normalized spacial score (nSPS) is 26.3. The van der Waals surface area contributed by atoms with Crippen LogP contribution in [0.5, 0.6) is 0 Å². The summed E-state index contributed by atoms with van der Waals surface area (Å²) in [6.07, 6.45) is 14.1. The molecular weight excluding hydrogens is 435 g/mol. The molecule has 3 atom stereocenters. The van der Waals surface area contributed by atoms with Crippen LogP contribution in [0.1, 0.15) is 91.0 Å². The Balaban J connectivity index is 0.00000363. The van der Waals surface area contributed by atoms with Gasteiger partial charge < -0.3 is 8.97 Å². The largest absolute Gasteiger partial charge is 1.00 e. The fourth-order valence-electron chi connectivity index (χ4n) is 5.94. The van der Waals surface area contributed by atoms with E-state index in [9.17, 15) is 13.0 Å². The first kappa shape index (κ1) is 28.1. The molecule has 0 radical (unpaired) electrons. The number of allylic oxidation sites excluding steroid dienone is 2. The molecule has 1 aromatic rings. The summed E-state index contributed by atoms with van der Waals surface area (Å²) >= 11 is 0. The fraction of sp³-hybridized carbons (Fsp3) is 0.760. The molecular formula is C25H39NaO5S. The first-order chi connectivity index (χ1) is 14.5. The summed E-state index contributed by atoms with van der Waals surface area (Å²) in [5, 5.41) is 0. The van der Waals surface area contributed by atoms with Gasteiger partial charge in [0.2, 0.25) is 10.4 Å². The van der Waals surface area contributed by atoms with Crippen LogP contribution in [0.2, 0.25) is 0 Å². The molecule has 0 bridgehead atoms. The van der Waals surface area contributed by atoms with Crippen LogP contribution < -0.4 is 29.6 Å². The van der Waals surface area contributed by atoms with Crippen LogP contribution in [0, 0.1) is 22.7 Å². The molecule has 2 aliphatic rings. The molecule has 0 saturated heterocycles. The zero-order valence-corrected chi connectivity index (χ0v) is 23.4. The SMILES string of the molecule is CC1CCC2=C(CCCC2(C)C)C1(C)CC[C@H](CCCc1ccoc1)COS(=O)(=O)[O-].[Na+]. The molecule has 1 heterocycles. The van der Waals surface area contributed by atoms with E-state index in [1.165, 1.54) is 32.1 Å². The summed E-state index contributed by atoms with van der Waals surface area (Å²) in [5.74, 6) is 0.665. The van der Waals surface area contributed by atoms with Crippen LogP contribution in [0.25, 0.3) is 0 Å². The second kappa shape index (κ2) is 11.5. The molecule has 1 aromatic heterocycles. The van der Waals surface area contributed by atoms with Crippen LogP contribution in [0.3, 0.4) is 0 Å². The fourth-order valence-corrected chi connectivity index (χ4v) is 6.29. The van der Waals surface area contributed by atoms with Crippen molar-refractivity contribution in [2.24, 2.45) is 22.7 Å². The van der Waals surface area contributed by atoms with Crippen molar-refractivity contribution >= 4 is 10.4 Å². The molecule has 7 heteroatoms. The van der Waals surface area contributed by atoms with Gasteiger partial charge in [0.15, 0.2) is 0 Å². The van der Waals surface area contributed by atoms with Gasteiger partial charge in [-0.2, -0.15) is 0 Å². The van der Waals surface area contributed by atoms with Crippen molar-refractivity contribution in [3.8, 4) is 0 Å². The monoisotopic (exact) mass is 474 g/mol. The third-order valence-electron chi connectivity index (χ3n) is 8.19. The van der Waals surface area contributed by atoms with E-state index in [1.807, 2.05) is 6.07 Å². The maximum Gasteiger partial charge on any atom is 1.00 e. The molecule has 0 aromatic carbocycles. The van der Waals surface area contributed by atoms with Gasteiger partial charge in [-0.15, -0.1) is 0 Å². The molecule has 2 aliphatic carbocycles. The van der Waals surface area contributed by atoms with Crippen molar-refractivity contribution < 1.29 is 51.1 Å². The Morgan fingerprint density at radius 2 is 1.97 bits per heavy atom. The average Bonchev–Trinajstić information content (AvgIpc) is 3.19. The average molecular weight is 475 g/mol. The smallest absolute Gasteiger partial charge is 0.726 e. The minimum Gasteiger partial charge on any atom is -0.726 e. The quantitative estimate of drug-likeness (QED) is 0.225. The van der Waals surface area contributed by atoms with Crippen LogP contribution in [-0.4, -0.2) is 19.6 Å². The zero-order chi connectivity index (χ0) is 22.7. The van der Waals surface area contributed by atoms with Crippen LogP contribution in [0.4, 0.5) is 0 Å². The molecule has 0 saturated carbocycles. The van der Waals surface area contributed by atoms with E-state index in [1.54, 1.807) is 23.7 Å². The summed E-state index contributed by atoms with van der Waals surface area (Å²) in [4.78, 5) is 0. The second-order valence-electron chi connectivity index (χ2n) is 10.7. The van der Waals surface area contributed by atoms with Crippen molar-refractivity contribution in [3.63, 3.8) is 0 Å². The van der Waals surface area contributed by atoms with Gasteiger partial charge in [0.1, 0.15) is 0 Å². The van der Waals surface area contributed by atoms with E-state index in [0.717, 1.165) is 37.7 Å². The molecule has 2 unspecified atom stereocenters. The van der Waals surface area contributed by atoms with E-state index in [2.05, 4.69) is 27.7 Å². The van der Waals surface area contributed by atoms with Gasteiger partial charge in [-0.3, -0.25) is 4.18 Å². The standard InChI is InChI=1S/C25H40O5S.Na/c1-19-10-11-22-23(9-6-14-24(22,2)3)25(19,4)15-12-20(18-30-31(26,27)28)7-5-8-21-13-16-29-17-21;/h13,16-17,19-20H,5-12,14-15,18H2,1-4H3,(H,26,27,28);/q;+1/p-1/t19?,20-,25?;/m0./s1. The molecule has 3 rings (SSSR count). The Bertz CT molecular complexity index is 859. The summed E-state index contributed by atoms with van der Waals surface area (Å²) < 4.78 is 43.1. The van der Waals surface area contributed by atoms with Crippen LogP contribution in [0.15, 0.2) is 34.2 Å². The van der Waals surface area contributed by atoms with Gasteiger partial charge in [-0.05, 0) is 98.5 Å². The number of hydrogen-bond donors (Lipinski definition) is 0. The molecule has 0 N–H and O–H groups in total. The summed E-state index contributed by atoms with van der Waals surface area (Å²) in [6, 6.07) is 1.96. The first-order valence-electron chi connectivity index (χ1n) is 11.9. The van der Waals surface area contributed by atoms with E-state index < -0.39 is 10.4 Å². The van der Waals surface area contributed by atoms with Gasteiger partial charge in [0.25, 0.3) is 0 Å². The van der Waals surface area contributed by atoms with Crippen LogP contribution >= 0.6 is 0 Å². The topological polar surface area (TPSA) is 79.6 Å². The molecule has 0 spiro atoms. The number of furan rings is 1. The minimum atomic E-state index is -4.67. The van der Waals surface area contributed by atoms with E-state index >= 15 is 0 Å². The van der Waals surface area contributed by atoms with Crippen molar-refractivity contribution in [3.05, 3.63) is 35.3 Å². The third-order valence-corrected chi connectivity index (χ3v) is 8.62. The van der Waals surface area contributed by atoms with Gasteiger partial charge in [-0.25, -0.2) is 8.42 Å². The maximum absolute atomic E-state index is 11.1. The summed E-state index contributed by atoms with van der Waals surface area (Å²) in [5.41, 5.74) is 4.91. The number of rotatable bonds is 10. The van der Waals surface area contributed by atoms with E-state index in [-0.39, 0.29) is 47.5 Å². The van der Waals surface area contributed by atoms with Crippen molar-refractivity contribution in [1.82, 2.24) is 0 Å². The van der Waals surface area contributed by atoms with Crippen LogP contribution in [-0.2, 0) is 21.0 Å². The molecule has 0 fully saturated rings. The number of aryl methyl sites for hydroxylation is 1. The predicted molar refractivity (Wildman–Crippen MR) is 121 cm³/mol. The first-order valence-corrected chi connectivity index (χ1v) is 13.2. The third kappa shape index (κ3) is 7.19. The van der Waals surface area contributed by atoms with Gasteiger partial charge in [-0.1, -0.05) is 38.8 Å². The Hall–Kier alpha value is -0.110. The van der Waals surface area contributed by atoms with E-state index in [4.69, 9.17) is 8.60 Å². The Labute approximate surface area is 217 Å². The molecule has 176 valence electrons. The van der Waals surface area contributed by atoms with Gasteiger partial charge in [0.05, 0.1) is 19.1 Å². The molecule has 32 heavy (non-hydrogen) atoms. The summed E-state index contributed by atoms with van der Waals surface area (Å²) in [7, 11) is -4.67. The van der Waals surface area contributed by atoms with E-state index in [0.29, 0.717) is 11.3 Å². The maximum atomic E-state index is 11.1. The van der Waals surface area contributed by atoms with Gasteiger partial charge in [0, 0.05) is 0 Å². The Morgan fingerprint density at radius 1 is 1.22 bits per heavy atom. The Morgan fingerprint density at radius 3 is 2.62 bits per heavy atom. The predicted octanol–water partition coefficient (Wildman–Crippen LogP) is 3.42. The molecule has 5 nitrogen and oxygen atoms in total. The molecule has 0 aliphatic heterocycles. The minimum absolute atomic E-state index is 0. The zero-order valence-electron chi connectivity index (χ0n) is 20.6. The van der Waals surface area contributed by atoms with Crippen molar-refractivity contribution in [1.29, 1.82) is 0 Å². The Kier molecular flexibility index (Phi) is 10.1. The summed E-state index contributed by atoms with van der Waals surface area (Å²) in [6.45, 7) is 9.56. The van der Waals surface area contributed by atoms with Crippen molar-refractivity contribution in [2.45, 2.75) is 91.9 Å². The number of hydrogen-bond acceptors (Lipinski definition) is 5.